The molecule has 1 aromatic carbocycles. The van der Waals surface area contributed by atoms with E-state index in [0.717, 1.165) is 11.0 Å². The van der Waals surface area contributed by atoms with E-state index in [9.17, 15) is 28.0 Å². The summed E-state index contributed by atoms with van der Waals surface area (Å²) >= 11 is 5.80. The van der Waals surface area contributed by atoms with Crippen molar-refractivity contribution < 1.29 is 37.8 Å². The first-order valence-corrected chi connectivity index (χ1v) is 9.59. The van der Waals surface area contributed by atoms with Gasteiger partial charge in [0.05, 0.1) is 6.42 Å². The fourth-order valence-corrected chi connectivity index (χ4v) is 3.27. The molecule has 0 bridgehead atoms. The highest BCUT2D eigenvalue weighted by molar-refractivity contribution is 6.30. The quantitative estimate of drug-likeness (QED) is 0.634. The number of aliphatic carboxylic acids is 1. The van der Waals surface area contributed by atoms with Gasteiger partial charge in [0.15, 0.2) is 5.78 Å². The Hall–Kier alpha value is -2.75. The van der Waals surface area contributed by atoms with Crippen molar-refractivity contribution in [2.24, 2.45) is 0 Å². The summed E-state index contributed by atoms with van der Waals surface area (Å²) in [5, 5.41) is 11.3. The van der Waals surface area contributed by atoms with Crippen LogP contribution in [0.2, 0.25) is 5.02 Å². The molecule has 2 atom stereocenters. The van der Waals surface area contributed by atoms with Crippen molar-refractivity contribution >= 4 is 35.4 Å². The van der Waals surface area contributed by atoms with E-state index < -0.39 is 61.4 Å². The minimum Gasteiger partial charge on any atom is -0.481 e. The molecule has 8 nitrogen and oxygen atoms in total. The maximum atomic E-state index is 13.8. The highest BCUT2D eigenvalue weighted by atomic mass is 35.5. The summed E-state index contributed by atoms with van der Waals surface area (Å²) in [7, 11) is 0. The molecule has 0 aliphatic carbocycles. The lowest BCUT2D eigenvalue weighted by molar-refractivity contribution is -0.140. The number of amides is 2. The molecule has 0 spiro atoms. The van der Waals surface area contributed by atoms with Crippen molar-refractivity contribution in [2.75, 3.05) is 13.2 Å². The van der Waals surface area contributed by atoms with E-state index in [1.165, 1.54) is 12.1 Å². The third kappa shape index (κ3) is 6.38. The number of piperidine rings is 1. The Balaban J connectivity index is 2.05. The van der Waals surface area contributed by atoms with Crippen LogP contribution in [0.15, 0.2) is 18.2 Å². The number of hydrogen-bond donors (Lipinski definition) is 2. The number of likely N-dealkylation sites (tertiary alicyclic amines) is 1. The number of carbonyl (C=O) groups is 4. The fraction of sp³-hybridized carbons (Fsp3) is 0.474. The number of ether oxygens (including phenoxy) is 1. The molecule has 2 rings (SSSR count). The van der Waals surface area contributed by atoms with Crippen LogP contribution >= 0.6 is 11.6 Å². The van der Waals surface area contributed by atoms with Crippen LogP contribution in [0.1, 0.15) is 31.2 Å². The van der Waals surface area contributed by atoms with Gasteiger partial charge in [0.25, 0.3) is 0 Å². The Morgan fingerprint density at radius 2 is 2.03 bits per heavy atom. The zero-order chi connectivity index (χ0) is 22.3. The molecule has 0 unspecified atom stereocenters. The molecule has 30 heavy (non-hydrogen) atoms. The Morgan fingerprint density at radius 3 is 2.70 bits per heavy atom. The van der Waals surface area contributed by atoms with Crippen LogP contribution in [0.3, 0.4) is 0 Å². The molecular weight excluding hydrogens is 426 g/mol. The van der Waals surface area contributed by atoms with Crippen LogP contribution in [0.5, 0.6) is 0 Å². The van der Waals surface area contributed by atoms with Gasteiger partial charge in [0.1, 0.15) is 31.2 Å². The highest BCUT2D eigenvalue weighted by Crippen LogP contribution is 2.20. The summed E-state index contributed by atoms with van der Waals surface area (Å²) in [6, 6.07) is 1.22. The predicted molar refractivity (Wildman–Crippen MR) is 101 cm³/mol. The number of nitrogens with one attached hydrogen (secondary N) is 1. The summed E-state index contributed by atoms with van der Waals surface area (Å²) < 4.78 is 31.6. The Labute approximate surface area is 176 Å². The monoisotopic (exact) mass is 446 g/mol. The largest absolute Gasteiger partial charge is 0.481 e. The molecule has 1 saturated heterocycles. The molecular formula is C19H21ClF2N2O6. The second-order valence-corrected chi connectivity index (χ2v) is 7.19. The number of hydrogen-bond acceptors (Lipinski definition) is 5. The van der Waals surface area contributed by atoms with E-state index in [2.05, 4.69) is 5.32 Å². The molecule has 2 amide bonds. The summed E-state index contributed by atoms with van der Waals surface area (Å²) in [6.45, 7) is -1.66. The summed E-state index contributed by atoms with van der Waals surface area (Å²) in [4.78, 5) is 48.7. The maximum absolute atomic E-state index is 13.8. The van der Waals surface area contributed by atoms with Crippen molar-refractivity contribution in [1.29, 1.82) is 0 Å². The molecule has 1 heterocycles. The molecule has 1 aromatic rings. The topological polar surface area (TPSA) is 113 Å². The smallest absolute Gasteiger partial charge is 0.410 e. The molecule has 0 aromatic heterocycles. The van der Waals surface area contributed by atoms with Gasteiger partial charge < -0.3 is 15.2 Å². The van der Waals surface area contributed by atoms with Gasteiger partial charge >= 0.3 is 12.1 Å². The number of rotatable bonds is 8. The van der Waals surface area contributed by atoms with Crippen LogP contribution in [-0.4, -0.2) is 59.1 Å². The molecule has 0 saturated carbocycles. The van der Waals surface area contributed by atoms with E-state index >= 15 is 0 Å². The van der Waals surface area contributed by atoms with Crippen molar-refractivity contribution in [3.8, 4) is 0 Å². The van der Waals surface area contributed by atoms with Crippen molar-refractivity contribution in [2.45, 2.75) is 44.4 Å². The van der Waals surface area contributed by atoms with Crippen molar-refractivity contribution in [3.63, 3.8) is 0 Å². The molecule has 11 heteroatoms. The van der Waals surface area contributed by atoms with Gasteiger partial charge in [-0.25, -0.2) is 13.6 Å². The van der Waals surface area contributed by atoms with Gasteiger partial charge in [-0.1, -0.05) is 11.6 Å². The molecule has 1 aliphatic rings. The van der Waals surface area contributed by atoms with Gasteiger partial charge in [-0.3, -0.25) is 19.3 Å². The highest BCUT2D eigenvalue weighted by Gasteiger charge is 2.35. The number of halogens is 3. The second kappa shape index (κ2) is 10.9. The van der Waals surface area contributed by atoms with Gasteiger partial charge in [0.2, 0.25) is 5.91 Å². The number of ketones is 1. The second-order valence-electron chi connectivity index (χ2n) is 6.75. The summed E-state index contributed by atoms with van der Waals surface area (Å²) in [5.74, 6) is -3.85. The lowest BCUT2D eigenvalue weighted by Gasteiger charge is -2.34. The van der Waals surface area contributed by atoms with Crippen LogP contribution in [-0.2, 0) is 25.7 Å². The zero-order valence-corrected chi connectivity index (χ0v) is 16.7. The molecule has 2 N–H and O–H groups in total. The molecule has 1 fully saturated rings. The molecule has 164 valence electrons. The lowest BCUT2D eigenvalue weighted by atomic mass is 10.0. The van der Waals surface area contributed by atoms with E-state index in [-0.39, 0.29) is 23.6 Å². The average molecular weight is 447 g/mol. The first-order chi connectivity index (χ1) is 14.2. The van der Waals surface area contributed by atoms with Gasteiger partial charge in [0, 0.05) is 17.1 Å². The SMILES string of the molecule is O=C(O)C[C@@H](NC(=O)[C@@H]1CCCCN1C(=O)OCc1cc(Cl)ccc1F)C(=O)CF. The maximum Gasteiger partial charge on any atom is 0.410 e. The van der Waals surface area contributed by atoms with E-state index in [1.54, 1.807) is 0 Å². The molecule has 1 aliphatic heterocycles. The van der Waals surface area contributed by atoms with E-state index in [1.807, 2.05) is 0 Å². The molecule has 0 radical (unpaired) electrons. The number of benzene rings is 1. The van der Waals surface area contributed by atoms with Gasteiger partial charge in [-0.05, 0) is 37.5 Å². The third-order valence-electron chi connectivity index (χ3n) is 4.61. The van der Waals surface area contributed by atoms with Crippen molar-refractivity contribution in [1.82, 2.24) is 10.2 Å². The zero-order valence-electron chi connectivity index (χ0n) is 15.9. The van der Waals surface area contributed by atoms with E-state index in [4.69, 9.17) is 21.4 Å². The standard InChI is InChI=1S/C19H21ClF2N2O6/c20-12-4-5-13(22)11(7-12)10-30-19(29)24-6-2-1-3-15(24)18(28)23-14(8-17(26)27)16(25)9-21/h4-5,7,14-15H,1-3,6,8-10H2,(H,23,28)(H,26,27)/t14-,15+/m1/s1. The van der Waals surface area contributed by atoms with Crippen LogP contribution in [0, 0.1) is 5.82 Å². The number of alkyl halides is 1. The number of carboxylic acids is 1. The predicted octanol–water partition coefficient (Wildman–Crippen LogP) is 2.47. The fourth-order valence-electron chi connectivity index (χ4n) is 3.08. The number of carboxylic acid groups (broad SMARTS) is 1. The normalized spacial score (nSPS) is 17.2. The lowest BCUT2D eigenvalue weighted by Crippen LogP contribution is -2.55. The number of carbonyl (C=O) groups excluding carboxylic acids is 3. The first kappa shape index (κ1) is 23.5. The Kier molecular flexibility index (Phi) is 8.52. The first-order valence-electron chi connectivity index (χ1n) is 9.21. The van der Waals surface area contributed by atoms with E-state index in [0.29, 0.717) is 12.8 Å². The number of Topliss-reactive ketones (excluding diaryl/α,β-unsaturated/α-hetero) is 1. The number of nitrogens with zero attached hydrogens (tertiary/aromatic N) is 1. The summed E-state index contributed by atoms with van der Waals surface area (Å²) in [5.41, 5.74) is 0.0592. The van der Waals surface area contributed by atoms with Gasteiger partial charge in [-0.2, -0.15) is 0 Å². The third-order valence-corrected chi connectivity index (χ3v) is 4.85. The van der Waals surface area contributed by atoms with Gasteiger partial charge in [-0.15, -0.1) is 0 Å². The average Bonchev–Trinajstić information content (AvgIpc) is 2.72. The van der Waals surface area contributed by atoms with Crippen LogP contribution < -0.4 is 5.32 Å². The van der Waals surface area contributed by atoms with Crippen LogP contribution in [0.25, 0.3) is 0 Å². The minimum absolute atomic E-state index is 0.0592. The van der Waals surface area contributed by atoms with Crippen LogP contribution in [0.4, 0.5) is 13.6 Å². The van der Waals surface area contributed by atoms with Crippen molar-refractivity contribution in [3.05, 3.63) is 34.6 Å². The summed E-state index contributed by atoms with van der Waals surface area (Å²) in [6.07, 6.45) is -0.214. The Bertz CT molecular complexity index is 822. The minimum atomic E-state index is -1.54. The Morgan fingerprint density at radius 1 is 1.30 bits per heavy atom.